The lowest BCUT2D eigenvalue weighted by atomic mass is 9.99. The lowest BCUT2D eigenvalue weighted by Gasteiger charge is -2.22. The summed E-state index contributed by atoms with van der Waals surface area (Å²) in [5.74, 6) is 0.00494. The van der Waals surface area contributed by atoms with E-state index in [2.05, 4.69) is 30.9 Å². The van der Waals surface area contributed by atoms with Crippen molar-refractivity contribution in [2.24, 2.45) is 11.8 Å². The molecule has 0 aliphatic carbocycles. The summed E-state index contributed by atoms with van der Waals surface area (Å²) in [6.07, 6.45) is 6.44. The molecule has 4 rings (SSSR count). The van der Waals surface area contributed by atoms with Crippen LogP contribution in [0, 0.1) is 17.8 Å². The van der Waals surface area contributed by atoms with E-state index >= 15 is 0 Å². The van der Waals surface area contributed by atoms with Crippen molar-refractivity contribution >= 4 is 29.1 Å². The molecule has 2 aromatic heterocycles. The minimum atomic E-state index is -0.667. The number of hydrogen-bond acceptors (Lipinski definition) is 7. The van der Waals surface area contributed by atoms with Crippen LogP contribution in [0.15, 0.2) is 18.5 Å². The Labute approximate surface area is 185 Å². The van der Waals surface area contributed by atoms with Crippen molar-refractivity contribution < 1.29 is 13.9 Å². The molecular formula is C21H26ClFN6O2. The molecule has 3 N–H and O–H groups in total. The fourth-order valence-electron chi connectivity index (χ4n) is 3.82. The molecule has 2 saturated heterocycles. The van der Waals surface area contributed by atoms with Crippen LogP contribution < -0.4 is 16.0 Å². The zero-order valence-electron chi connectivity index (χ0n) is 17.2. The number of carbonyl (C=O) groups excluding carboxylic acids is 1. The van der Waals surface area contributed by atoms with Gasteiger partial charge in [-0.25, -0.2) is 15.0 Å². The molecule has 31 heavy (non-hydrogen) atoms. The van der Waals surface area contributed by atoms with Crippen LogP contribution >= 0.6 is 11.6 Å². The van der Waals surface area contributed by atoms with Crippen molar-refractivity contribution in [3.05, 3.63) is 29.4 Å². The van der Waals surface area contributed by atoms with Crippen LogP contribution in [0.3, 0.4) is 0 Å². The van der Waals surface area contributed by atoms with Crippen molar-refractivity contribution in [3.63, 3.8) is 0 Å². The van der Waals surface area contributed by atoms with Crippen molar-refractivity contribution in [1.82, 2.24) is 20.3 Å². The monoisotopic (exact) mass is 448 g/mol. The molecular weight excluding hydrogens is 423 g/mol. The Bertz CT molecular complexity index is 919. The summed E-state index contributed by atoms with van der Waals surface area (Å²) in [4.78, 5) is 24.9. The van der Waals surface area contributed by atoms with Crippen LogP contribution in [-0.2, 0) is 9.53 Å². The topological polar surface area (TPSA) is 101 Å². The SMILES string of the molecule is O=C(Nc1cc(-c2cnc(F)c(NCC3CCOCC3)n2)c(Cl)cn1)[C@@H]1CCCNC1. The summed E-state index contributed by atoms with van der Waals surface area (Å²) in [5.41, 5.74) is 0.925. The Morgan fingerprint density at radius 1 is 1.26 bits per heavy atom. The van der Waals surface area contributed by atoms with Gasteiger partial charge in [-0.2, -0.15) is 4.39 Å². The zero-order chi connectivity index (χ0) is 21.6. The van der Waals surface area contributed by atoms with Gasteiger partial charge in [0.2, 0.25) is 5.91 Å². The minimum Gasteiger partial charge on any atom is -0.381 e. The summed E-state index contributed by atoms with van der Waals surface area (Å²) >= 11 is 6.33. The number of aromatic nitrogens is 3. The van der Waals surface area contributed by atoms with Gasteiger partial charge in [0.25, 0.3) is 5.95 Å². The second kappa shape index (κ2) is 10.3. The first-order valence-corrected chi connectivity index (χ1v) is 11.0. The average molecular weight is 449 g/mol. The second-order valence-corrected chi connectivity index (χ2v) is 8.32. The zero-order valence-corrected chi connectivity index (χ0v) is 17.9. The molecule has 8 nitrogen and oxygen atoms in total. The van der Waals surface area contributed by atoms with Gasteiger partial charge in [0, 0.05) is 38.1 Å². The average Bonchev–Trinajstić information content (AvgIpc) is 2.81. The predicted octanol–water partition coefficient (Wildman–Crippen LogP) is 3.11. The molecule has 166 valence electrons. The van der Waals surface area contributed by atoms with Crippen LogP contribution in [0.5, 0.6) is 0 Å². The third-order valence-electron chi connectivity index (χ3n) is 5.68. The summed E-state index contributed by atoms with van der Waals surface area (Å²) in [7, 11) is 0. The van der Waals surface area contributed by atoms with E-state index in [0.29, 0.717) is 41.1 Å². The summed E-state index contributed by atoms with van der Waals surface area (Å²) in [6.45, 7) is 3.62. The number of nitrogens with one attached hydrogen (secondary N) is 3. The highest BCUT2D eigenvalue weighted by atomic mass is 35.5. The van der Waals surface area contributed by atoms with Gasteiger partial charge in [0.15, 0.2) is 5.82 Å². The van der Waals surface area contributed by atoms with Crippen molar-refractivity contribution in [2.45, 2.75) is 25.7 Å². The minimum absolute atomic E-state index is 0.0794. The number of nitrogens with zero attached hydrogens (tertiary/aromatic N) is 3. The van der Waals surface area contributed by atoms with Gasteiger partial charge in [-0.3, -0.25) is 4.79 Å². The molecule has 0 aromatic carbocycles. The van der Waals surface area contributed by atoms with Gasteiger partial charge in [-0.1, -0.05) is 11.6 Å². The summed E-state index contributed by atoms with van der Waals surface area (Å²) in [6, 6.07) is 1.64. The van der Waals surface area contributed by atoms with Gasteiger partial charge in [-0.15, -0.1) is 0 Å². The van der Waals surface area contributed by atoms with Gasteiger partial charge in [-0.05, 0) is 44.2 Å². The number of carbonyl (C=O) groups is 1. The normalized spacial score (nSPS) is 19.7. The van der Waals surface area contributed by atoms with Gasteiger partial charge < -0.3 is 20.7 Å². The van der Waals surface area contributed by atoms with Gasteiger partial charge in [0.05, 0.1) is 22.8 Å². The van der Waals surface area contributed by atoms with Crippen LogP contribution in [0.4, 0.5) is 16.0 Å². The number of hydrogen-bond donors (Lipinski definition) is 3. The Kier molecular flexibility index (Phi) is 7.26. The molecule has 0 saturated carbocycles. The van der Waals surface area contributed by atoms with E-state index in [1.807, 2.05) is 0 Å². The fourth-order valence-corrected chi connectivity index (χ4v) is 4.02. The lowest BCUT2D eigenvalue weighted by Crippen LogP contribution is -2.37. The maximum Gasteiger partial charge on any atom is 0.255 e. The van der Waals surface area contributed by atoms with E-state index in [4.69, 9.17) is 16.3 Å². The van der Waals surface area contributed by atoms with E-state index < -0.39 is 5.95 Å². The molecule has 2 aliphatic rings. The number of rotatable bonds is 6. The van der Waals surface area contributed by atoms with E-state index in [1.54, 1.807) is 6.07 Å². The first-order valence-electron chi connectivity index (χ1n) is 10.6. The maximum absolute atomic E-state index is 14.2. The quantitative estimate of drug-likeness (QED) is 0.624. The smallest absolute Gasteiger partial charge is 0.255 e. The predicted molar refractivity (Wildman–Crippen MR) is 116 cm³/mol. The molecule has 2 aliphatic heterocycles. The standard InChI is InChI=1S/C21H26ClFN6O2/c22-16-11-25-18(29-21(30)14-2-1-5-24-10-14)8-15(16)17-12-26-19(23)20(28-17)27-9-13-3-6-31-7-4-13/h8,11-14,24H,1-7,9-10H2,(H,27,28)(H,25,29,30)/t14-/m1/s1. The molecule has 2 aromatic rings. The number of ether oxygens (including phenoxy) is 1. The molecule has 0 unspecified atom stereocenters. The fraction of sp³-hybridized carbons (Fsp3) is 0.524. The van der Waals surface area contributed by atoms with Crippen LogP contribution in [-0.4, -0.2) is 53.7 Å². The number of piperidine rings is 1. The second-order valence-electron chi connectivity index (χ2n) is 7.91. The molecule has 0 radical (unpaired) electrons. The Morgan fingerprint density at radius 3 is 2.87 bits per heavy atom. The van der Waals surface area contributed by atoms with Crippen molar-refractivity contribution in [1.29, 1.82) is 0 Å². The molecule has 1 atom stereocenters. The summed E-state index contributed by atoms with van der Waals surface area (Å²) in [5, 5.41) is 9.47. The van der Waals surface area contributed by atoms with E-state index in [-0.39, 0.29) is 17.6 Å². The molecule has 0 spiro atoms. The largest absolute Gasteiger partial charge is 0.381 e. The van der Waals surface area contributed by atoms with Crippen LogP contribution in [0.1, 0.15) is 25.7 Å². The third-order valence-corrected chi connectivity index (χ3v) is 5.98. The number of pyridine rings is 1. The highest BCUT2D eigenvalue weighted by molar-refractivity contribution is 6.33. The van der Waals surface area contributed by atoms with Gasteiger partial charge >= 0.3 is 0 Å². The van der Waals surface area contributed by atoms with Crippen molar-refractivity contribution in [2.75, 3.05) is 43.5 Å². The maximum atomic E-state index is 14.2. The number of halogens is 2. The first-order chi connectivity index (χ1) is 15.1. The Morgan fingerprint density at radius 2 is 2.10 bits per heavy atom. The highest BCUT2D eigenvalue weighted by Crippen LogP contribution is 2.29. The lowest BCUT2D eigenvalue weighted by molar-refractivity contribution is -0.120. The molecule has 2 fully saturated rings. The Balaban J connectivity index is 1.48. The molecule has 10 heteroatoms. The third kappa shape index (κ3) is 5.66. The highest BCUT2D eigenvalue weighted by Gasteiger charge is 2.22. The van der Waals surface area contributed by atoms with Crippen LogP contribution in [0.2, 0.25) is 5.02 Å². The van der Waals surface area contributed by atoms with Crippen molar-refractivity contribution in [3.8, 4) is 11.3 Å². The molecule has 1 amide bonds. The molecule has 0 bridgehead atoms. The van der Waals surface area contributed by atoms with E-state index in [1.165, 1.54) is 12.4 Å². The van der Waals surface area contributed by atoms with E-state index in [9.17, 15) is 9.18 Å². The number of amides is 1. The Hall–Kier alpha value is -2.36. The number of anilines is 2. The van der Waals surface area contributed by atoms with Gasteiger partial charge in [0.1, 0.15) is 5.82 Å². The van der Waals surface area contributed by atoms with E-state index in [0.717, 1.165) is 45.4 Å². The van der Waals surface area contributed by atoms with Crippen LogP contribution in [0.25, 0.3) is 11.3 Å². The summed E-state index contributed by atoms with van der Waals surface area (Å²) < 4.78 is 19.6. The first kappa shape index (κ1) is 21.9. The molecule has 4 heterocycles.